The van der Waals surface area contributed by atoms with Crippen LogP contribution in [0.25, 0.3) is 10.9 Å². The van der Waals surface area contributed by atoms with E-state index in [-0.39, 0.29) is 5.91 Å². The Labute approximate surface area is 170 Å². The molecule has 1 amide bonds. The number of hydrogen-bond donors (Lipinski definition) is 0. The van der Waals surface area contributed by atoms with Gasteiger partial charge in [-0.25, -0.2) is 0 Å². The molecule has 0 radical (unpaired) electrons. The van der Waals surface area contributed by atoms with Crippen LogP contribution >= 0.6 is 11.6 Å². The third kappa shape index (κ3) is 3.74. The summed E-state index contributed by atoms with van der Waals surface area (Å²) in [5, 5.41) is 1.83. The molecule has 146 valence electrons. The molecule has 28 heavy (non-hydrogen) atoms. The van der Waals surface area contributed by atoms with E-state index < -0.39 is 0 Å². The number of likely N-dealkylation sites (tertiary alicyclic amines) is 1. The van der Waals surface area contributed by atoms with Gasteiger partial charge in [0.1, 0.15) is 5.75 Å². The number of aryl methyl sites for hydroxylation is 1. The van der Waals surface area contributed by atoms with E-state index in [1.807, 2.05) is 53.0 Å². The topological polar surface area (TPSA) is 34.5 Å². The molecule has 2 heterocycles. The molecule has 0 aliphatic carbocycles. The molecule has 1 aliphatic rings. The zero-order valence-corrected chi connectivity index (χ0v) is 17.1. The first-order valence-electron chi connectivity index (χ1n) is 9.72. The second kappa shape index (κ2) is 7.88. The maximum atomic E-state index is 13.2. The van der Waals surface area contributed by atoms with E-state index in [0.29, 0.717) is 17.2 Å². The molecule has 0 N–H and O–H groups in total. The smallest absolute Gasteiger partial charge is 0.257 e. The van der Waals surface area contributed by atoms with E-state index in [9.17, 15) is 4.79 Å². The summed E-state index contributed by atoms with van der Waals surface area (Å²) in [6.45, 7) is 1.57. The molecule has 2 aromatic carbocycles. The highest BCUT2D eigenvalue weighted by molar-refractivity contribution is 6.30. The van der Waals surface area contributed by atoms with E-state index in [1.165, 1.54) is 5.56 Å². The number of fused-ring (bicyclic) bond motifs is 1. The molecule has 5 heteroatoms. The Hall–Kier alpha value is -2.46. The van der Waals surface area contributed by atoms with Crippen LogP contribution in [0.15, 0.2) is 48.7 Å². The van der Waals surface area contributed by atoms with Crippen LogP contribution < -0.4 is 4.74 Å². The van der Waals surface area contributed by atoms with Crippen LogP contribution in [0.5, 0.6) is 5.75 Å². The summed E-state index contributed by atoms with van der Waals surface area (Å²) in [6, 6.07) is 14.0. The maximum Gasteiger partial charge on any atom is 0.257 e. The summed E-state index contributed by atoms with van der Waals surface area (Å²) >= 11 is 5.97. The Morgan fingerprint density at radius 3 is 2.54 bits per heavy atom. The summed E-state index contributed by atoms with van der Waals surface area (Å²) in [5.74, 6) is 1.30. The molecular weight excluding hydrogens is 372 g/mol. The second-order valence-electron chi connectivity index (χ2n) is 7.60. The van der Waals surface area contributed by atoms with Crippen molar-refractivity contribution in [1.29, 1.82) is 0 Å². The van der Waals surface area contributed by atoms with E-state index in [4.69, 9.17) is 16.3 Å². The van der Waals surface area contributed by atoms with Crippen molar-refractivity contribution < 1.29 is 9.53 Å². The summed E-state index contributed by atoms with van der Waals surface area (Å²) in [5.41, 5.74) is 3.03. The average molecular weight is 397 g/mol. The summed E-state index contributed by atoms with van der Waals surface area (Å²) in [7, 11) is 3.62. The lowest BCUT2D eigenvalue weighted by molar-refractivity contribution is 0.0687. The molecule has 1 aromatic heterocycles. The Balaban J connectivity index is 1.45. The number of aromatic nitrogens is 1. The third-order valence-electron chi connectivity index (χ3n) is 5.78. The van der Waals surface area contributed by atoms with E-state index >= 15 is 0 Å². The number of piperidine rings is 1. The van der Waals surface area contributed by atoms with Crippen molar-refractivity contribution in [3.05, 3.63) is 64.8 Å². The first-order valence-corrected chi connectivity index (χ1v) is 10.1. The molecule has 3 aromatic rings. The Morgan fingerprint density at radius 2 is 1.86 bits per heavy atom. The Morgan fingerprint density at radius 1 is 1.14 bits per heavy atom. The first-order chi connectivity index (χ1) is 13.5. The number of benzene rings is 2. The minimum absolute atomic E-state index is 0.0625. The van der Waals surface area contributed by atoms with Gasteiger partial charge < -0.3 is 14.2 Å². The van der Waals surface area contributed by atoms with Crippen LogP contribution in [0.4, 0.5) is 0 Å². The highest BCUT2D eigenvalue weighted by atomic mass is 35.5. The normalized spacial score (nSPS) is 15.2. The van der Waals surface area contributed by atoms with Crippen LogP contribution in [0.2, 0.25) is 5.02 Å². The predicted octanol–water partition coefficient (Wildman–Crippen LogP) is 4.94. The van der Waals surface area contributed by atoms with Crippen molar-refractivity contribution in [2.24, 2.45) is 13.0 Å². The fourth-order valence-electron chi connectivity index (χ4n) is 4.10. The molecule has 0 saturated carbocycles. The quantitative estimate of drug-likeness (QED) is 0.626. The van der Waals surface area contributed by atoms with Gasteiger partial charge in [0.05, 0.1) is 18.2 Å². The predicted molar refractivity (Wildman–Crippen MR) is 113 cm³/mol. The minimum Gasteiger partial charge on any atom is -0.496 e. The number of ether oxygens (including phenoxy) is 1. The Kier molecular flexibility index (Phi) is 5.31. The lowest BCUT2D eigenvalue weighted by Crippen LogP contribution is -2.39. The highest BCUT2D eigenvalue weighted by Crippen LogP contribution is 2.29. The fourth-order valence-corrected chi connectivity index (χ4v) is 4.22. The maximum absolute atomic E-state index is 13.2. The van der Waals surface area contributed by atoms with E-state index in [0.717, 1.165) is 48.3 Å². The number of methoxy groups -OCH3 is 1. The van der Waals surface area contributed by atoms with Crippen molar-refractivity contribution in [3.63, 3.8) is 0 Å². The van der Waals surface area contributed by atoms with E-state index in [1.54, 1.807) is 7.11 Å². The molecule has 1 fully saturated rings. The van der Waals surface area contributed by atoms with Crippen LogP contribution in [-0.2, 0) is 13.5 Å². The average Bonchev–Trinajstić information content (AvgIpc) is 3.08. The lowest BCUT2D eigenvalue weighted by Gasteiger charge is -2.32. The van der Waals surface area contributed by atoms with Crippen molar-refractivity contribution >= 4 is 28.4 Å². The molecule has 1 aliphatic heterocycles. The molecule has 0 bridgehead atoms. The molecule has 4 nitrogen and oxygen atoms in total. The largest absolute Gasteiger partial charge is 0.496 e. The van der Waals surface area contributed by atoms with Gasteiger partial charge in [-0.3, -0.25) is 4.79 Å². The highest BCUT2D eigenvalue weighted by Gasteiger charge is 2.26. The van der Waals surface area contributed by atoms with E-state index in [2.05, 4.69) is 12.1 Å². The number of carbonyl (C=O) groups excluding carboxylic acids is 1. The molecule has 4 rings (SSSR count). The van der Waals surface area contributed by atoms with Gasteiger partial charge >= 0.3 is 0 Å². The zero-order valence-electron chi connectivity index (χ0n) is 16.3. The fraction of sp³-hybridized carbons (Fsp3) is 0.348. The monoisotopic (exact) mass is 396 g/mol. The Bertz CT molecular complexity index is 986. The van der Waals surface area contributed by atoms with Crippen molar-refractivity contribution in [1.82, 2.24) is 9.47 Å². The number of rotatable bonds is 4. The lowest BCUT2D eigenvalue weighted by atomic mass is 9.90. The standard InChI is InChI=1S/C23H25ClN2O2/c1-25-10-9-18-14-20(22(28-2)15-21(18)25)23(27)26-11-7-17(8-12-26)13-16-3-5-19(24)6-4-16/h3-6,9-10,14-15,17H,7-8,11-13H2,1-2H3. The minimum atomic E-state index is 0.0625. The van der Waals surface area contributed by atoms with Gasteiger partial charge in [-0.05, 0) is 55.0 Å². The molecule has 0 atom stereocenters. The summed E-state index contributed by atoms with van der Waals surface area (Å²) in [6.07, 6.45) is 5.08. The van der Waals surface area contributed by atoms with Gasteiger partial charge in [0.25, 0.3) is 5.91 Å². The van der Waals surface area contributed by atoms with Crippen LogP contribution in [0.3, 0.4) is 0 Å². The number of amides is 1. The molecule has 0 unspecified atom stereocenters. The van der Waals surface area contributed by atoms with Gasteiger partial charge in [-0.2, -0.15) is 0 Å². The molecule has 0 spiro atoms. The number of hydrogen-bond acceptors (Lipinski definition) is 2. The van der Waals surface area contributed by atoms with Gasteiger partial charge in [-0.15, -0.1) is 0 Å². The van der Waals surface area contributed by atoms with Crippen LogP contribution in [0, 0.1) is 5.92 Å². The second-order valence-corrected chi connectivity index (χ2v) is 8.04. The number of halogens is 1. The van der Waals surface area contributed by atoms with Gasteiger partial charge in [-0.1, -0.05) is 23.7 Å². The van der Waals surface area contributed by atoms with Crippen molar-refractivity contribution in [3.8, 4) is 5.75 Å². The SMILES string of the molecule is COc1cc2c(ccn2C)cc1C(=O)N1CCC(Cc2ccc(Cl)cc2)CC1. The van der Waals surface area contributed by atoms with Crippen LogP contribution in [0.1, 0.15) is 28.8 Å². The van der Waals surface area contributed by atoms with Gasteiger partial charge in [0.15, 0.2) is 0 Å². The summed E-state index contributed by atoms with van der Waals surface area (Å²) in [4.78, 5) is 15.1. The molecular formula is C23H25ClN2O2. The van der Waals surface area contributed by atoms with Gasteiger partial charge in [0.2, 0.25) is 0 Å². The third-order valence-corrected chi connectivity index (χ3v) is 6.03. The first kappa shape index (κ1) is 18.9. The van der Waals surface area contributed by atoms with Crippen molar-refractivity contribution in [2.75, 3.05) is 20.2 Å². The number of nitrogens with zero attached hydrogens (tertiary/aromatic N) is 2. The summed E-state index contributed by atoms with van der Waals surface area (Å²) < 4.78 is 7.56. The number of carbonyl (C=O) groups is 1. The van der Waals surface area contributed by atoms with Crippen LogP contribution in [-0.4, -0.2) is 35.6 Å². The van der Waals surface area contributed by atoms with Gasteiger partial charge in [0, 0.05) is 42.8 Å². The molecule has 1 saturated heterocycles. The zero-order chi connectivity index (χ0) is 19.7. The van der Waals surface area contributed by atoms with Crippen molar-refractivity contribution in [2.45, 2.75) is 19.3 Å².